The molecule has 0 spiro atoms. The number of rotatable bonds is 17. The Kier molecular flexibility index (Phi) is 26.0. The number of unbranched alkanes of at least 4 members (excludes halogenated alkanes) is 14. The number of thiol groups is 2. The summed E-state index contributed by atoms with van der Waals surface area (Å²) in [7, 11) is 0. The van der Waals surface area contributed by atoms with Crippen LogP contribution in [0, 0.1) is 0 Å². The summed E-state index contributed by atoms with van der Waals surface area (Å²) in [5, 5.41) is 0. The number of hydrogen-bond acceptors (Lipinski definition) is 4. The van der Waals surface area contributed by atoms with Crippen LogP contribution in [0.5, 0.6) is 0 Å². The molecule has 5 heteroatoms. The quantitative estimate of drug-likeness (QED) is 0.0660. The van der Waals surface area contributed by atoms with Crippen LogP contribution in [0.15, 0.2) is 0 Å². The minimum atomic E-state index is -0.952. The molecular weight excluding hydrogens is 479 g/mol. The van der Waals surface area contributed by atoms with Gasteiger partial charge in [-0.15, -0.1) is 25.3 Å². The van der Waals surface area contributed by atoms with Crippen LogP contribution in [0.3, 0.4) is 0 Å². The van der Waals surface area contributed by atoms with Crippen molar-refractivity contribution in [3.8, 4) is 0 Å². The van der Waals surface area contributed by atoms with E-state index in [-0.39, 0.29) is 27.1 Å². The van der Waals surface area contributed by atoms with E-state index in [1.54, 1.807) is 6.92 Å². The van der Waals surface area contributed by atoms with Crippen molar-refractivity contribution in [1.82, 2.24) is 0 Å². The molecule has 0 heterocycles. The number of carbonyl (C=O) groups excluding carboxylic acids is 1. The summed E-state index contributed by atoms with van der Waals surface area (Å²) < 4.78 is 4.09. The second-order valence-electron chi connectivity index (χ2n) is 7.61. The topological polar surface area (TPSA) is 26.3 Å². The monoisotopic (exact) mass is 526 g/mol. The first-order valence-electron chi connectivity index (χ1n) is 11.1. The molecule has 0 saturated carbocycles. The average Bonchev–Trinajstić information content (AvgIpc) is 2.57. The van der Waals surface area contributed by atoms with E-state index in [4.69, 9.17) is 4.74 Å². The predicted octanol–water partition coefficient (Wildman–Crippen LogP) is 8.11. The molecule has 0 aromatic heterocycles. The van der Waals surface area contributed by atoms with E-state index in [0.717, 1.165) is 12.8 Å². The molecule has 0 bridgehead atoms. The van der Waals surface area contributed by atoms with Crippen molar-refractivity contribution in [2.24, 2.45) is 0 Å². The molecule has 0 aliphatic rings. The molecule has 0 unspecified atom stereocenters. The summed E-state index contributed by atoms with van der Waals surface area (Å²) in [6, 6.07) is 0. The Bertz CT molecular complexity index is 307. The minimum absolute atomic E-state index is 0.197. The molecule has 0 aromatic carbocycles. The first-order chi connectivity index (χ1) is 12.9. The fourth-order valence-electron chi connectivity index (χ4n) is 2.91. The molecular formula is C22H46O2S2Sn+2. The SMILES string of the molecule is CCCCCCCCCCCCCCCCCC(=O)OC(C)(S)S.[CH3][Sn+2][CH3]. The van der Waals surface area contributed by atoms with Gasteiger partial charge in [0.2, 0.25) is 0 Å². The van der Waals surface area contributed by atoms with E-state index in [0.29, 0.717) is 6.42 Å². The summed E-state index contributed by atoms with van der Waals surface area (Å²) in [4.78, 5) is 16.1. The van der Waals surface area contributed by atoms with E-state index in [2.05, 4.69) is 42.1 Å². The van der Waals surface area contributed by atoms with Crippen LogP contribution < -0.4 is 0 Å². The number of hydrogen-bond donors (Lipinski definition) is 2. The van der Waals surface area contributed by atoms with Crippen LogP contribution >= 0.6 is 25.3 Å². The van der Waals surface area contributed by atoms with Gasteiger partial charge in [0.05, 0.1) is 0 Å². The zero-order valence-corrected chi connectivity index (χ0v) is 23.2. The van der Waals surface area contributed by atoms with Crippen molar-refractivity contribution in [3.05, 3.63) is 0 Å². The first kappa shape index (κ1) is 30.2. The van der Waals surface area contributed by atoms with E-state index in [1.807, 2.05) is 0 Å². The number of carbonyl (C=O) groups is 1. The zero-order valence-electron chi connectivity index (χ0n) is 18.5. The van der Waals surface area contributed by atoms with E-state index < -0.39 is 4.27 Å². The average molecular weight is 525 g/mol. The van der Waals surface area contributed by atoms with Crippen molar-refractivity contribution in [3.63, 3.8) is 0 Å². The Morgan fingerprint density at radius 3 is 1.33 bits per heavy atom. The normalized spacial score (nSPS) is 10.7. The number of ether oxygens (including phenoxy) is 1. The second kappa shape index (κ2) is 23.2. The van der Waals surface area contributed by atoms with Gasteiger partial charge < -0.3 is 4.74 Å². The Labute approximate surface area is 191 Å². The Hall–Kier alpha value is 0.969. The summed E-state index contributed by atoms with van der Waals surface area (Å²) >= 11 is 8.36. The summed E-state index contributed by atoms with van der Waals surface area (Å²) in [6.45, 7) is 3.93. The van der Waals surface area contributed by atoms with Gasteiger partial charge in [-0.3, -0.25) is 4.79 Å². The zero-order chi connectivity index (χ0) is 20.8. The van der Waals surface area contributed by atoms with Gasteiger partial charge in [0.1, 0.15) is 0 Å². The van der Waals surface area contributed by atoms with Gasteiger partial charge in [-0.2, -0.15) is 0 Å². The third kappa shape index (κ3) is 31.9. The molecule has 2 nitrogen and oxygen atoms in total. The maximum absolute atomic E-state index is 11.5. The molecule has 0 aromatic rings. The number of esters is 1. The molecule has 0 amide bonds. The van der Waals surface area contributed by atoms with Crippen molar-refractivity contribution in [2.75, 3.05) is 0 Å². The van der Waals surface area contributed by atoms with Crippen molar-refractivity contribution >= 4 is 52.4 Å². The van der Waals surface area contributed by atoms with Crippen molar-refractivity contribution in [1.29, 1.82) is 0 Å². The Morgan fingerprint density at radius 2 is 1.04 bits per heavy atom. The third-order valence-corrected chi connectivity index (χ3v) is 4.47. The van der Waals surface area contributed by atoms with Crippen LogP contribution in [-0.2, 0) is 9.53 Å². The van der Waals surface area contributed by atoms with Crippen LogP contribution in [0.25, 0.3) is 0 Å². The molecule has 0 atom stereocenters. The van der Waals surface area contributed by atoms with Gasteiger partial charge >= 0.3 is 37.0 Å². The van der Waals surface area contributed by atoms with E-state index in [9.17, 15) is 4.79 Å². The molecule has 27 heavy (non-hydrogen) atoms. The van der Waals surface area contributed by atoms with Crippen molar-refractivity contribution < 1.29 is 9.53 Å². The standard InChI is InChI=1S/C20H40O2S2.2CH3.Sn/c1-3-4-5-6-7-8-9-10-11-12-13-14-15-16-17-18-19(21)22-20(2,23)24;;;/h23-24H,3-18H2,1-2H3;2*1H3;/q;;;+2. The van der Waals surface area contributed by atoms with Crippen LogP contribution in [-0.4, -0.2) is 31.4 Å². The molecule has 160 valence electrons. The Morgan fingerprint density at radius 1 is 0.741 bits per heavy atom. The van der Waals surface area contributed by atoms with Gasteiger partial charge in [0, 0.05) is 6.42 Å². The first-order valence-corrected chi connectivity index (χ1v) is 17.7. The molecule has 0 N–H and O–H groups in total. The molecule has 0 fully saturated rings. The van der Waals surface area contributed by atoms with E-state index >= 15 is 0 Å². The summed E-state index contributed by atoms with van der Waals surface area (Å²) in [5.41, 5.74) is 0. The third-order valence-electron chi connectivity index (χ3n) is 4.29. The Balaban J connectivity index is 0. The van der Waals surface area contributed by atoms with Gasteiger partial charge in [-0.25, -0.2) is 0 Å². The van der Waals surface area contributed by atoms with Crippen LogP contribution in [0.1, 0.15) is 117 Å². The second-order valence-corrected chi connectivity index (χ2v) is 12.5. The van der Waals surface area contributed by atoms with Gasteiger partial charge in [-0.1, -0.05) is 96.8 Å². The van der Waals surface area contributed by atoms with Crippen LogP contribution in [0.2, 0.25) is 9.88 Å². The predicted molar refractivity (Wildman–Crippen MR) is 129 cm³/mol. The fourth-order valence-corrected chi connectivity index (χ4v) is 3.11. The molecule has 0 saturated heterocycles. The van der Waals surface area contributed by atoms with E-state index in [1.165, 1.54) is 83.5 Å². The van der Waals surface area contributed by atoms with Crippen LogP contribution in [0.4, 0.5) is 0 Å². The maximum atomic E-state index is 11.5. The van der Waals surface area contributed by atoms with Gasteiger partial charge in [0.15, 0.2) is 4.27 Å². The van der Waals surface area contributed by atoms with Crippen molar-refractivity contribution in [2.45, 2.75) is 131 Å². The fraction of sp³-hybridized carbons (Fsp3) is 0.955. The van der Waals surface area contributed by atoms with Gasteiger partial charge in [0.25, 0.3) is 0 Å². The summed E-state index contributed by atoms with van der Waals surface area (Å²) in [6.07, 6.45) is 20.4. The molecule has 0 radical (unpaired) electrons. The molecule has 0 aliphatic carbocycles. The molecule has 0 aliphatic heterocycles. The van der Waals surface area contributed by atoms with Gasteiger partial charge in [-0.05, 0) is 13.3 Å². The molecule has 0 rings (SSSR count). The summed E-state index contributed by atoms with van der Waals surface area (Å²) in [5.74, 6) is -0.197.